The van der Waals surface area contributed by atoms with E-state index in [1.54, 1.807) is 0 Å². The van der Waals surface area contributed by atoms with Crippen LogP contribution in [0.1, 0.15) is 13.8 Å². The number of hydrazone groups is 1. The number of para-hydroxylation sites is 1. The third-order valence-electron chi connectivity index (χ3n) is 2.00. The summed E-state index contributed by atoms with van der Waals surface area (Å²) < 4.78 is 0. The summed E-state index contributed by atoms with van der Waals surface area (Å²) in [7, 11) is 0. The van der Waals surface area contributed by atoms with Crippen LogP contribution in [0, 0.1) is 5.92 Å². The fourth-order valence-electron chi connectivity index (χ4n) is 1.14. The van der Waals surface area contributed by atoms with Gasteiger partial charge in [-0.15, -0.1) is 0 Å². The Morgan fingerprint density at radius 3 is 2.62 bits per heavy atom. The van der Waals surface area contributed by atoms with Crippen LogP contribution in [0.15, 0.2) is 59.7 Å². The van der Waals surface area contributed by atoms with E-state index in [0.29, 0.717) is 5.92 Å². The molecular formula is C14H18N2. The molecule has 84 valence electrons. The van der Waals surface area contributed by atoms with Crippen molar-refractivity contribution in [1.29, 1.82) is 0 Å². The van der Waals surface area contributed by atoms with Crippen LogP contribution < -0.4 is 5.43 Å². The average Bonchev–Trinajstić information content (AvgIpc) is 2.31. The molecule has 1 unspecified atom stereocenters. The van der Waals surface area contributed by atoms with E-state index in [2.05, 4.69) is 23.5 Å². The molecule has 1 rings (SSSR count). The van der Waals surface area contributed by atoms with Crippen LogP contribution in [-0.2, 0) is 0 Å². The smallest absolute Gasteiger partial charge is 0.0561 e. The molecule has 0 bridgehead atoms. The quantitative estimate of drug-likeness (QED) is 0.449. The van der Waals surface area contributed by atoms with Gasteiger partial charge in [0, 0.05) is 12.1 Å². The molecule has 0 saturated carbocycles. The Bertz CT molecular complexity index is 364. The first-order chi connectivity index (χ1) is 7.83. The molecule has 16 heavy (non-hydrogen) atoms. The molecule has 0 heterocycles. The minimum absolute atomic E-state index is 0.326. The lowest BCUT2D eigenvalue weighted by molar-refractivity contribution is 1.02. The van der Waals surface area contributed by atoms with Gasteiger partial charge in [0.2, 0.25) is 0 Å². The van der Waals surface area contributed by atoms with Crippen LogP contribution in [0.25, 0.3) is 0 Å². The highest BCUT2D eigenvalue weighted by Crippen LogP contribution is 2.04. The van der Waals surface area contributed by atoms with Gasteiger partial charge in [-0.2, -0.15) is 5.10 Å². The van der Waals surface area contributed by atoms with Crippen molar-refractivity contribution in [3.8, 4) is 0 Å². The highest BCUT2D eigenvalue weighted by molar-refractivity contribution is 5.64. The van der Waals surface area contributed by atoms with E-state index < -0.39 is 0 Å². The van der Waals surface area contributed by atoms with E-state index in [4.69, 9.17) is 0 Å². The summed E-state index contributed by atoms with van der Waals surface area (Å²) in [4.78, 5) is 0. The summed E-state index contributed by atoms with van der Waals surface area (Å²) in [6, 6.07) is 9.91. The van der Waals surface area contributed by atoms with Gasteiger partial charge in [-0.05, 0) is 19.1 Å². The zero-order valence-corrected chi connectivity index (χ0v) is 9.80. The van der Waals surface area contributed by atoms with Crippen molar-refractivity contribution in [2.24, 2.45) is 11.0 Å². The number of nitrogens with zero attached hydrogens (tertiary/aromatic N) is 1. The molecule has 0 spiro atoms. The molecule has 1 aromatic carbocycles. The first-order valence-electron chi connectivity index (χ1n) is 5.46. The predicted octanol–water partition coefficient (Wildman–Crippen LogP) is 3.85. The topological polar surface area (TPSA) is 24.4 Å². The van der Waals surface area contributed by atoms with Gasteiger partial charge in [0.05, 0.1) is 5.69 Å². The molecule has 0 aliphatic carbocycles. The van der Waals surface area contributed by atoms with E-state index in [-0.39, 0.29) is 0 Å². The number of allylic oxidation sites excluding steroid dienone is 4. The number of anilines is 1. The molecular weight excluding hydrogens is 196 g/mol. The van der Waals surface area contributed by atoms with Crippen molar-refractivity contribution in [3.63, 3.8) is 0 Å². The fraction of sp³-hybridized carbons (Fsp3) is 0.214. The largest absolute Gasteiger partial charge is 0.279 e. The summed E-state index contributed by atoms with van der Waals surface area (Å²) in [5.41, 5.74) is 3.99. The van der Waals surface area contributed by atoms with E-state index in [1.807, 2.05) is 61.7 Å². The van der Waals surface area contributed by atoms with Gasteiger partial charge in [-0.1, -0.05) is 49.4 Å². The Balaban J connectivity index is 2.37. The van der Waals surface area contributed by atoms with Gasteiger partial charge in [-0.3, -0.25) is 5.43 Å². The van der Waals surface area contributed by atoms with Gasteiger partial charge >= 0.3 is 0 Å². The minimum atomic E-state index is 0.326. The zero-order chi connectivity index (χ0) is 11.6. The highest BCUT2D eigenvalue weighted by Gasteiger charge is 1.89. The lowest BCUT2D eigenvalue weighted by Gasteiger charge is -2.00. The lowest BCUT2D eigenvalue weighted by Crippen LogP contribution is -1.95. The third kappa shape index (κ3) is 5.15. The minimum Gasteiger partial charge on any atom is -0.279 e. The second-order valence-electron chi connectivity index (χ2n) is 3.53. The second kappa shape index (κ2) is 7.46. The van der Waals surface area contributed by atoms with E-state index in [0.717, 1.165) is 5.69 Å². The van der Waals surface area contributed by atoms with Crippen LogP contribution in [0.3, 0.4) is 0 Å². The first-order valence-corrected chi connectivity index (χ1v) is 5.46. The van der Waals surface area contributed by atoms with Gasteiger partial charge in [0.1, 0.15) is 0 Å². The number of rotatable bonds is 5. The Labute approximate surface area is 97.4 Å². The second-order valence-corrected chi connectivity index (χ2v) is 3.53. The maximum absolute atomic E-state index is 4.17. The summed E-state index contributed by atoms with van der Waals surface area (Å²) in [5.74, 6) is 0.326. The SMILES string of the molecule is C/C=C\C=C/C(C)/C=N\Nc1ccccc1. The monoisotopic (exact) mass is 214 g/mol. The molecule has 1 N–H and O–H groups in total. The third-order valence-corrected chi connectivity index (χ3v) is 2.00. The van der Waals surface area contributed by atoms with Crippen molar-refractivity contribution in [2.75, 3.05) is 5.43 Å². The van der Waals surface area contributed by atoms with Gasteiger partial charge < -0.3 is 0 Å². The average molecular weight is 214 g/mol. The van der Waals surface area contributed by atoms with Crippen LogP contribution in [0.2, 0.25) is 0 Å². The van der Waals surface area contributed by atoms with Gasteiger partial charge in [0.15, 0.2) is 0 Å². The molecule has 0 saturated heterocycles. The van der Waals surface area contributed by atoms with Crippen LogP contribution >= 0.6 is 0 Å². The Morgan fingerprint density at radius 2 is 1.94 bits per heavy atom. The van der Waals surface area contributed by atoms with E-state index in [1.165, 1.54) is 0 Å². The molecule has 0 fully saturated rings. The van der Waals surface area contributed by atoms with Crippen LogP contribution in [0.4, 0.5) is 5.69 Å². The Kier molecular flexibility index (Phi) is 5.71. The molecule has 2 nitrogen and oxygen atoms in total. The van der Waals surface area contributed by atoms with Gasteiger partial charge in [0.25, 0.3) is 0 Å². The molecule has 2 heteroatoms. The number of hydrogen-bond acceptors (Lipinski definition) is 2. The molecule has 0 radical (unpaired) electrons. The Morgan fingerprint density at radius 1 is 1.19 bits per heavy atom. The molecule has 0 aliphatic heterocycles. The number of nitrogens with one attached hydrogen (secondary N) is 1. The van der Waals surface area contributed by atoms with Gasteiger partial charge in [-0.25, -0.2) is 0 Å². The molecule has 0 aliphatic rings. The summed E-state index contributed by atoms with van der Waals surface area (Å²) in [6.45, 7) is 4.09. The van der Waals surface area contributed by atoms with Crippen molar-refractivity contribution < 1.29 is 0 Å². The fourth-order valence-corrected chi connectivity index (χ4v) is 1.14. The van der Waals surface area contributed by atoms with Crippen molar-refractivity contribution in [1.82, 2.24) is 0 Å². The standard InChI is InChI=1S/C14H18N2/c1-3-4-6-9-13(2)12-15-16-14-10-7-5-8-11-14/h3-13,16H,1-2H3/b4-3-,9-6-,15-12-. The van der Waals surface area contributed by atoms with Crippen molar-refractivity contribution in [3.05, 3.63) is 54.6 Å². The maximum Gasteiger partial charge on any atom is 0.0561 e. The summed E-state index contributed by atoms with van der Waals surface area (Å²) in [5, 5.41) is 4.17. The number of hydrogen-bond donors (Lipinski definition) is 1. The summed E-state index contributed by atoms with van der Waals surface area (Å²) in [6.07, 6.45) is 10.0. The first kappa shape index (κ1) is 12.2. The molecule has 0 aromatic heterocycles. The summed E-state index contributed by atoms with van der Waals surface area (Å²) >= 11 is 0. The Hall–Kier alpha value is -1.83. The molecule has 1 atom stereocenters. The maximum atomic E-state index is 4.17. The van der Waals surface area contributed by atoms with E-state index in [9.17, 15) is 0 Å². The number of benzene rings is 1. The van der Waals surface area contributed by atoms with Crippen molar-refractivity contribution in [2.45, 2.75) is 13.8 Å². The zero-order valence-electron chi connectivity index (χ0n) is 9.80. The van der Waals surface area contributed by atoms with E-state index >= 15 is 0 Å². The van der Waals surface area contributed by atoms with Crippen LogP contribution in [-0.4, -0.2) is 6.21 Å². The predicted molar refractivity (Wildman–Crippen MR) is 71.7 cm³/mol. The highest BCUT2D eigenvalue weighted by atomic mass is 15.3. The van der Waals surface area contributed by atoms with Crippen LogP contribution in [0.5, 0.6) is 0 Å². The molecule has 1 aromatic rings. The lowest BCUT2D eigenvalue weighted by atomic mass is 10.2. The normalized spacial score (nSPS) is 13.9. The van der Waals surface area contributed by atoms with Crippen molar-refractivity contribution >= 4 is 11.9 Å². The molecule has 0 amide bonds.